The molecule has 0 aliphatic carbocycles. The first kappa shape index (κ1) is 20.9. The Morgan fingerprint density at radius 2 is 2.27 bits per heavy atom. The number of thiophene rings is 1. The first-order chi connectivity index (χ1) is 14.4. The topological polar surface area (TPSA) is 130 Å². The zero-order valence-electron chi connectivity index (χ0n) is 16.0. The number of aryl methyl sites for hydroxylation is 1. The number of carboxylic acid groups (broad SMARTS) is 1. The lowest BCUT2D eigenvalue weighted by molar-refractivity contribution is -0.150. The van der Waals surface area contributed by atoms with Gasteiger partial charge in [0.2, 0.25) is 11.1 Å². The normalized spacial score (nSPS) is 21.8. The predicted molar refractivity (Wildman–Crippen MR) is 112 cm³/mol. The van der Waals surface area contributed by atoms with Crippen molar-refractivity contribution in [1.82, 2.24) is 30.4 Å². The van der Waals surface area contributed by atoms with Crippen molar-refractivity contribution in [2.75, 3.05) is 11.5 Å². The van der Waals surface area contributed by atoms with E-state index in [1.807, 2.05) is 17.5 Å². The summed E-state index contributed by atoms with van der Waals surface area (Å²) >= 11 is 4.24. The van der Waals surface area contributed by atoms with Gasteiger partial charge in [0.25, 0.3) is 5.91 Å². The Kier molecular flexibility index (Phi) is 5.84. The van der Waals surface area contributed by atoms with Gasteiger partial charge in [-0.1, -0.05) is 17.8 Å². The van der Waals surface area contributed by atoms with E-state index in [1.165, 1.54) is 44.4 Å². The lowest BCUT2D eigenvalue weighted by Crippen LogP contribution is -2.70. The van der Waals surface area contributed by atoms with Crippen molar-refractivity contribution in [1.29, 1.82) is 0 Å². The Balaban J connectivity index is 1.46. The van der Waals surface area contributed by atoms with Gasteiger partial charge < -0.3 is 10.4 Å². The Labute approximate surface area is 184 Å². The molecule has 10 nitrogen and oxygen atoms in total. The molecule has 13 heteroatoms. The summed E-state index contributed by atoms with van der Waals surface area (Å²) in [5.41, 5.74) is 0.616. The fourth-order valence-electron chi connectivity index (χ4n) is 3.23. The summed E-state index contributed by atoms with van der Waals surface area (Å²) in [5, 5.41) is 25.7. The molecule has 4 heterocycles. The van der Waals surface area contributed by atoms with Crippen LogP contribution in [0.5, 0.6) is 0 Å². The second kappa shape index (κ2) is 8.40. The van der Waals surface area contributed by atoms with Crippen LogP contribution < -0.4 is 5.32 Å². The van der Waals surface area contributed by atoms with Crippen molar-refractivity contribution < 1.29 is 19.5 Å². The lowest BCUT2D eigenvalue weighted by atomic mass is 10.0. The van der Waals surface area contributed by atoms with Crippen LogP contribution in [0.15, 0.2) is 33.9 Å². The minimum Gasteiger partial charge on any atom is -0.477 e. The summed E-state index contributed by atoms with van der Waals surface area (Å²) < 4.78 is 1.50. The number of rotatable bonds is 7. The number of hydrogen-bond donors (Lipinski definition) is 2. The molecule has 0 saturated carbocycles. The summed E-state index contributed by atoms with van der Waals surface area (Å²) in [6.45, 7) is 1.79. The number of β-lactam (4-membered cyclic amide) rings is 1. The van der Waals surface area contributed by atoms with Gasteiger partial charge in [-0.2, -0.15) is 0 Å². The Hall–Kier alpha value is -2.38. The van der Waals surface area contributed by atoms with Crippen LogP contribution in [-0.2, 0) is 21.4 Å². The molecule has 1 fully saturated rings. The Bertz CT molecular complexity index is 1020. The van der Waals surface area contributed by atoms with Gasteiger partial charge in [-0.05, 0) is 34.4 Å². The number of carboxylic acids is 1. The van der Waals surface area contributed by atoms with Gasteiger partial charge >= 0.3 is 5.97 Å². The maximum Gasteiger partial charge on any atom is 0.352 e. The van der Waals surface area contributed by atoms with Crippen LogP contribution in [0.2, 0.25) is 0 Å². The van der Waals surface area contributed by atoms with Crippen LogP contribution in [0.3, 0.4) is 0 Å². The van der Waals surface area contributed by atoms with E-state index in [-0.39, 0.29) is 17.5 Å². The van der Waals surface area contributed by atoms with E-state index in [0.29, 0.717) is 22.2 Å². The van der Waals surface area contributed by atoms with E-state index in [2.05, 4.69) is 20.8 Å². The molecule has 4 rings (SSSR count). The molecule has 2 aromatic heterocycles. The first-order valence-corrected chi connectivity index (χ1v) is 11.9. The number of nitrogens with one attached hydrogen (secondary N) is 1. The average molecular weight is 467 g/mol. The average Bonchev–Trinajstić information content (AvgIpc) is 3.40. The molecule has 2 aliphatic heterocycles. The zero-order chi connectivity index (χ0) is 21.4. The van der Waals surface area contributed by atoms with Crippen molar-refractivity contribution in [2.45, 2.75) is 29.4 Å². The van der Waals surface area contributed by atoms with Crippen LogP contribution in [0, 0.1) is 0 Å². The molecule has 1 saturated heterocycles. The van der Waals surface area contributed by atoms with Crippen molar-refractivity contribution in [3.63, 3.8) is 0 Å². The highest BCUT2D eigenvalue weighted by atomic mass is 32.2. The fourth-order valence-corrected chi connectivity index (χ4v) is 6.35. The number of carbonyl (C=O) groups is 3. The van der Waals surface area contributed by atoms with Gasteiger partial charge in [0, 0.05) is 23.4 Å². The van der Waals surface area contributed by atoms with Crippen molar-refractivity contribution >= 4 is 52.6 Å². The molecule has 2 amide bonds. The highest BCUT2D eigenvalue weighted by molar-refractivity contribution is 8.01. The van der Waals surface area contributed by atoms with E-state index in [1.54, 1.807) is 14.0 Å². The minimum absolute atomic E-state index is 0.0109. The maximum absolute atomic E-state index is 12.7. The third-order valence-corrected chi connectivity index (χ3v) is 8.36. The number of hydrogen-bond acceptors (Lipinski definition) is 9. The third-order valence-electron chi connectivity index (χ3n) is 4.87. The van der Waals surface area contributed by atoms with E-state index >= 15 is 0 Å². The molecule has 0 bridgehead atoms. The first-order valence-electron chi connectivity index (χ1n) is 8.97. The number of thioether (sulfide) groups is 2. The van der Waals surface area contributed by atoms with Crippen LogP contribution >= 0.6 is 34.9 Å². The lowest BCUT2D eigenvalue weighted by Gasteiger charge is -2.49. The number of carbonyl (C=O) groups excluding carboxylic acids is 2. The number of aromatic nitrogens is 4. The van der Waals surface area contributed by atoms with Gasteiger partial charge in [-0.25, -0.2) is 9.48 Å². The number of tetrazole rings is 1. The van der Waals surface area contributed by atoms with E-state index < -0.39 is 23.3 Å². The molecular weight excluding hydrogens is 448 g/mol. The number of amides is 2. The molecular formula is C17H18N6O4S3. The van der Waals surface area contributed by atoms with Crippen LogP contribution in [0.4, 0.5) is 0 Å². The van der Waals surface area contributed by atoms with E-state index in [0.717, 1.165) is 4.88 Å². The molecule has 2 aliphatic rings. The quantitative estimate of drug-likeness (QED) is 0.451. The second-order valence-electron chi connectivity index (χ2n) is 6.76. The standard InChI is InChI=1S/C17H18N6O4S3/c1-8(10-4-3-5-28-10)13(24)18-11-14(25)23-12(16(26)27)9(6-29-15(11)23)7-30-17-19-20-21-22(17)2/h3-5,8,11,15H,6-7H2,1-2H3,(H,18,24)(H,26,27)/t8?,11?,15-/m0/s1. The molecule has 0 radical (unpaired) electrons. The minimum atomic E-state index is -1.16. The fraction of sp³-hybridized carbons (Fsp3) is 0.412. The monoisotopic (exact) mass is 466 g/mol. The third kappa shape index (κ3) is 3.72. The maximum atomic E-state index is 12.7. The van der Waals surface area contributed by atoms with E-state index in [4.69, 9.17) is 0 Å². The smallest absolute Gasteiger partial charge is 0.352 e. The molecule has 2 unspecified atom stereocenters. The molecule has 0 aromatic carbocycles. The molecule has 3 atom stereocenters. The summed E-state index contributed by atoms with van der Waals surface area (Å²) in [6.07, 6.45) is 0. The molecule has 2 N–H and O–H groups in total. The van der Waals surface area contributed by atoms with Crippen molar-refractivity contribution in [2.24, 2.45) is 7.05 Å². The van der Waals surface area contributed by atoms with E-state index in [9.17, 15) is 19.5 Å². The van der Waals surface area contributed by atoms with Gasteiger partial charge in [0.05, 0.1) is 5.92 Å². The summed E-state index contributed by atoms with van der Waals surface area (Å²) in [6, 6.07) is 3.02. The molecule has 158 valence electrons. The van der Waals surface area contributed by atoms with Crippen molar-refractivity contribution in [3.05, 3.63) is 33.7 Å². The second-order valence-corrected chi connectivity index (χ2v) is 9.79. The summed E-state index contributed by atoms with van der Waals surface area (Å²) in [4.78, 5) is 39.4. The molecule has 2 aromatic rings. The molecule has 0 spiro atoms. The van der Waals surface area contributed by atoms with Gasteiger partial charge in [0.1, 0.15) is 17.1 Å². The van der Waals surface area contributed by atoms with Gasteiger partial charge in [-0.15, -0.1) is 28.2 Å². The largest absolute Gasteiger partial charge is 0.477 e. The Morgan fingerprint density at radius 3 is 2.90 bits per heavy atom. The van der Waals surface area contributed by atoms with Crippen molar-refractivity contribution in [3.8, 4) is 0 Å². The highest BCUT2D eigenvalue weighted by Crippen LogP contribution is 2.41. The zero-order valence-corrected chi connectivity index (χ0v) is 18.5. The van der Waals surface area contributed by atoms with Crippen LogP contribution in [0.25, 0.3) is 0 Å². The summed E-state index contributed by atoms with van der Waals surface area (Å²) in [5.74, 6) is -1.38. The molecule has 30 heavy (non-hydrogen) atoms. The number of aliphatic carboxylic acids is 1. The number of nitrogens with zero attached hydrogens (tertiary/aromatic N) is 5. The van der Waals surface area contributed by atoms with Crippen LogP contribution in [-0.4, -0.2) is 70.9 Å². The number of fused-ring (bicyclic) bond motifs is 1. The van der Waals surface area contributed by atoms with Gasteiger partial charge in [-0.3, -0.25) is 14.5 Å². The SMILES string of the molecule is CC(C(=O)NC1C(=O)N2C(C(=O)O)=C(CSc3nnnn3C)CS[C@@H]12)c1cccs1. The van der Waals surface area contributed by atoms with Gasteiger partial charge in [0.15, 0.2) is 0 Å². The highest BCUT2D eigenvalue weighted by Gasteiger charge is 2.54. The predicted octanol–water partition coefficient (Wildman–Crippen LogP) is 0.906. The Morgan fingerprint density at radius 1 is 1.47 bits per heavy atom. The van der Waals surface area contributed by atoms with Crippen LogP contribution in [0.1, 0.15) is 17.7 Å². The summed E-state index contributed by atoms with van der Waals surface area (Å²) in [7, 11) is 1.70.